The number of amides is 1. The summed E-state index contributed by atoms with van der Waals surface area (Å²) in [6, 6.07) is 16.0. The first-order chi connectivity index (χ1) is 20.5. The maximum Gasteiger partial charge on any atom is 0.277 e. The van der Waals surface area contributed by atoms with E-state index in [0.29, 0.717) is 49.4 Å². The van der Waals surface area contributed by atoms with Crippen molar-refractivity contribution in [3.63, 3.8) is 0 Å². The molecule has 0 aliphatic rings. The van der Waals surface area contributed by atoms with Gasteiger partial charge in [-0.15, -0.1) is 0 Å². The predicted octanol–water partition coefficient (Wildman–Crippen LogP) is 5.53. The minimum absolute atomic E-state index is 0.0441. The number of nitrogens with zero attached hydrogens (tertiary/aromatic N) is 5. The van der Waals surface area contributed by atoms with Gasteiger partial charge in [0.1, 0.15) is 6.26 Å². The highest BCUT2D eigenvalue weighted by molar-refractivity contribution is 7.92. The summed E-state index contributed by atoms with van der Waals surface area (Å²) in [5.74, 6) is -0.167. The molecular formula is C31H29N7O4S. The maximum absolute atomic E-state index is 13.5. The molecule has 0 saturated heterocycles. The van der Waals surface area contributed by atoms with Crippen LogP contribution in [-0.4, -0.2) is 45.7 Å². The van der Waals surface area contributed by atoms with Crippen molar-refractivity contribution in [2.24, 2.45) is 0 Å². The maximum atomic E-state index is 13.5. The van der Waals surface area contributed by atoms with E-state index in [1.54, 1.807) is 61.4 Å². The molecule has 0 aliphatic carbocycles. The zero-order valence-corrected chi connectivity index (χ0v) is 24.6. The number of para-hydroxylation sites is 1. The van der Waals surface area contributed by atoms with Crippen molar-refractivity contribution in [3.05, 3.63) is 96.4 Å². The average Bonchev–Trinajstić information content (AvgIpc) is 3.62. The fraction of sp³-hybridized carbons (Fsp3) is 0.194. The topological polar surface area (TPSA) is 160 Å². The fourth-order valence-electron chi connectivity index (χ4n) is 4.91. The number of aliphatic hydroxyl groups is 1. The minimum Gasteiger partial charge on any atom is -0.444 e. The van der Waals surface area contributed by atoms with Gasteiger partial charge in [-0.3, -0.25) is 19.4 Å². The largest absolute Gasteiger partial charge is 0.444 e. The Morgan fingerprint density at radius 1 is 1.09 bits per heavy atom. The summed E-state index contributed by atoms with van der Waals surface area (Å²) >= 11 is 0. The Labute approximate surface area is 247 Å². The van der Waals surface area contributed by atoms with Gasteiger partial charge in [-0.1, -0.05) is 18.2 Å². The van der Waals surface area contributed by atoms with Crippen molar-refractivity contribution in [1.29, 1.82) is 4.78 Å². The molecule has 1 unspecified atom stereocenters. The molecule has 11 nitrogen and oxygen atoms in total. The first-order valence-corrected chi connectivity index (χ1v) is 15.2. The highest BCUT2D eigenvalue weighted by atomic mass is 32.2. The van der Waals surface area contributed by atoms with Crippen molar-refractivity contribution >= 4 is 43.1 Å². The number of pyridine rings is 2. The highest BCUT2D eigenvalue weighted by Crippen LogP contribution is 2.32. The molecule has 218 valence electrons. The van der Waals surface area contributed by atoms with E-state index in [2.05, 4.69) is 25.4 Å². The summed E-state index contributed by atoms with van der Waals surface area (Å²) in [4.78, 5) is 26.4. The monoisotopic (exact) mass is 595 g/mol. The zero-order valence-electron chi connectivity index (χ0n) is 23.7. The van der Waals surface area contributed by atoms with Crippen LogP contribution in [0.3, 0.4) is 0 Å². The second-order valence-electron chi connectivity index (χ2n) is 10.8. The fourth-order valence-corrected chi connectivity index (χ4v) is 6.38. The third-order valence-corrected chi connectivity index (χ3v) is 8.87. The molecule has 0 radical (unpaired) electrons. The van der Waals surface area contributed by atoms with Crippen LogP contribution in [0.5, 0.6) is 0 Å². The lowest BCUT2D eigenvalue weighted by Gasteiger charge is -2.21. The van der Waals surface area contributed by atoms with E-state index in [-0.39, 0.29) is 18.0 Å². The van der Waals surface area contributed by atoms with Crippen LogP contribution < -0.4 is 5.32 Å². The number of nitrogens with one attached hydrogen (secondary N) is 2. The van der Waals surface area contributed by atoms with Crippen LogP contribution >= 0.6 is 0 Å². The lowest BCUT2D eigenvalue weighted by molar-refractivity contribution is 0.0793. The third-order valence-electron chi connectivity index (χ3n) is 7.05. The van der Waals surface area contributed by atoms with Gasteiger partial charge in [0.05, 0.1) is 43.6 Å². The van der Waals surface area contributed by atoms with Crippen LogP contribution in [0.15, 0.2) is 88.8 Å². The molecule has 0 aliphatic heterocycles. The van der Waals surface area contributed by atoms with Crippen LogP contribution in [0, 0.1) is 11.7 Å². The molecule has 0 saturated carbocycles. The highest BCUT2D eigenvalue weighted by Gasteiger charge is 2.24. The van der Waals surface area contributed by atoms with Gasteiger partial charge in [0.15, 0.2) is 5.69 Å². The van der Waals surface area contributed by atoms with Gasteiger partial charge in [-0.2, -0.15) is 5.10 Å². The van der Waals surface area contributed by atoms with Gasteiger partial charge >= 0.3 is 0 Å². The smallest absolute Gasteiger partial charge is 0.277 e. The Morgan fingerprint density at radius 3 is 2.67 bits per heavy atom. The van der Waals surface area contributed by atoms with Crippen molar-refractivity contribution in [1.82, 2.24) is 24.7 Å². The van der Waals surface area contributed by atoms with Gasteiger partial charge < -0.3 is 14.8 Å². The molecular weight excluding hydrogens is 566 g/mol. The number of carbonyl (C=O) groups excluding carboxylic acids is 1. The number of oxazole rings is 1. The number of aryl methyl sites for hydroxylation is 2. The Bertz CT molecular complexity index is 2100. The van der Waals surface area contributed by atoms with Gasteiger partial charge in [-0.05, 0) is 57.2 Å². The summed E-state index contributed by atoms with van der Waals surface area (Å²) in [5, 5.41) is 19.8. The van der Waals surface area contributed by atoms with Gasteiger partial charge in [0, 0.05) is 51.9 Å². The van der Waals surface area contributed by atoms with E-state index in [9.17, 15) is 14.1 Å². The quantitative estimate of drug-likeness (QED) is 0.207. The van der Waals surface area contributed by atoms with Crippen molar-refractivity contribution in [2.45, 2.75) is 37.8 Å². The van der Waals surface area contributed by atoms with E-state index in [1.165, 1.54) is 6.26 Å². The summed E-state index contributed by atoms with van der Waals surface area (Å²) < 4.78 is 29.3. The van der Waals surface area contributed by atoms with E-state index < -0.39 is 21.2 Å². The van der Waals surface area contributed by atoms with Crippen molar-refractivity contribution in [2.75, 3.05) is 11.1 Å². The molecule has 0 bridgehead atoms. The van der Waals surface area contributed by atoms with Crippen LogP contribution in [0.2, 0.25) is 0 Å². The molecule has 1 amide bonds. The first kappa shape index (κ1) is 28.2. The van der Waals surface area contributed by atoms with E-state index in [0.717, 1.165) is 5.69 Å². The van der Waals surface area contributed by atoms with Crippen molar-refractivity contribution < 1.29 is 18.5 Å². The normalized spacial score (nSPS) is 13.3. The molecule has 4 heterocycles. The number of carbonyl (C=O) groups is 1. The Hall–Kier alpha value is -4.94. The number of anilines is 1. The summed E-state index contributed by atoms with van der Waals surface area (Å²) in [6.45, 7) is 5.32. The van der Waals surface area contributed by atoms with E-state index in [1.807, 2.05) is 37.3 Å². The number of aromatic nitrogens is 5. The second kappa shape index (κ2) is 10.7. The molecule has 4 aromatic heterocycles. The zero-order chi connectivity index (χ0) is 30.4. The molecule has 0 spiro atoms. The number of hydrogen-bond donors (Lipinski definition) is 3. The first-order valence-electron chi connectivity index (χ1n) is 13.5. The summed E-state index contributed by atoms with van der Waals surface area (Å²) in [5.41, 5.74) is 2.39. The number of benzene rings is 2. The Balaban J connectivity index is 1.26. The number of hydrogen-bond acceptors (Lipinski definition) is 9. The standard InChI is InChI=1S/C31H29N7O4S/c1-19-14-20(8-10-33-19)30-36-27(18-42-30)29(39)35-26-15-21-17-38(37-25(21)16-23(26)31(2,3)40)12-13-43(32,41)28-9-11-34-24-7-5-4-6-22(24)28/h4-11,14-18,32,40H,12-13H2,1-3H3,(H,35,39). The SMILES string of the molecule is Cc1cc(-c2nc(C(=O)Nc3cc4cn(CCS(=N)(=O)c5ccnc6ccccc56)nc4cc3C(C)(C)O)co2)ccn1. The van der Waals surface area contributed by atoms with Crippen LogP contribution in [-0.2, 0) is 21.9 Å². The van der Waals surface area contributed by atoms with Crippen LogP contribution in [0.25, 0.3) is 33.3 Å². The Morgan fingerprint density at radius 2 is 1.88 bits per heavy atom. The average molecular weight is 596 g/mol. The number of fused-ring (bicyclic) bond motifs is 2. The molecule has 12 heteroatoms. The van der Waals surface area contributed by atoms with Crippen LogP contribution in [0.1, 0.15) is 35.6 Å². The molecule has 1 atom stereocenters. The minimum atomic E-state index is -3.15. The summed E-state index contributed by atoms with van der Waals surface area (Å²) in [6.07, 6.45) is 6.26. The number of rotatable bonds is 8. The summed E-state index contributed by atoms with van der Waals surface area (Å²) in [7, 11) is -3.15. The van der Waals surface area contributed by atoms with Gasteiger partial charge in [0.25, 0.3) is 5.91 Å². The predicted molar refractivity (Wildman–Crippen MR) is 163 cm³/mol. The lowest BCUT2D eigenvalue weighted by atomic mass is 9.95. The van der Waals surface area contributed by atoms with E-state index in [4.69, 9.17) is 9.20 Å². The van der Waals surface area contributed by atoms with Gasteiger partial charge in [-0.25, -0.2) is 14.0 Å². The van der Waals surface area contributed by atoms with Gasteiger partial charge in [0.2, 0.25) is 5.89 Å². The molecule has 2 aromatic carbocycles. The molecule has 43 heavy (non-hydrogen) atoms. The van der Waals surface area contributed by atoms with Crippen molar-refractivity contribution in [3.8, 4) is 11.5 Å². The molecule has 6 aromatic rings. The van der Waals surface area contributed by atoms with E-state index >= 15 is 0 Å². The molecule has 3 N–H and O–H groups in total. The third kappa shape index (κ3) is 5.74. The lowest BCUT2D eigenvalue weighted by Crippen LogP contribution is -2.21. The second-order valence-corrected chi connectivity index (χ2v) is 13.0. The molecule has 6 rings (SSSR count). The van der Waals surface area contributed by atoms with Crippen LogP contribution in [0.4, 0.5) is 5.69 Å². The Kier molecular flexibility index (Phi) is 7.03. The molecule has 0 fully saturated rings.